The van der Waals surface area contributed by atoms with Crippen LogP contribution in [0, 0.1) is 17.8 Å². The van der Waals surface area contributed by atoms with Crippen molar-refractivity contribution in [2.45, 2.75) is 53.1 Å². The highest BCUT2D eigenvalue weighted by Crippen LogP contribution is 2.37. The minimum Gasteiger partial charge on any atom is -0.465 e. The van der Waals surface area contributed by atoms with Crippen molar-refractivity contribution in [2.24, 2.45) is 17.8 Å². The van der Waals surface area contributed by atoms with Gasteiger partial charge in [-0.2, -0.15) is 0 Å². The second-order valence-corrected chi connectivity index (χ2v) is 6.52. The maximum atomic E-state index is 12.5. The normalized spacial score (nSPS) is 19.8. The van der Waals surface area contributed by atoms with Gasteiger partial charge in [-0.05, 0) is 26.7 Å². The lowest BCUT2D eigenvalue weighted by atomic mass is 9.83. The topological polar surface area (TPSA) is 122 Å². The summed E-state index contributed by atoms with van der Waals surface area (Å²) in [5, 5.41) is 0. The first-order valence-corrected chi connectivity index (χ1v) is 9.37. The maximum Gasteiger partial charge on any atom is 0.320 e. The molecule has 0 bridgehead atoms. The summed E-state index contributed by atoms with van der Waals surface area (Å²) in [4.78, 5) is 59.5. The van der Waals surface area contributed by atoms with Crippen molar-refractivity contribution in [1.29, 1.82) is 0 Å². The summed E-state index contributed by atoms with van der Waals surface area (Å²) in [5.41, 5.74) is 0. The van der Waals surface area contributed by atoms with Gasteiger partial charge in [-0.3, -0.25) is 24.0 Å². The highest BCUT2D eigenvalue weighted by Gasteiger charge is 2.45. The van der Waals surface area contributed by atoms with E-state index in [0.29, 0.717) is 6.42 Å². The Morgan fingerprint density at radius 3 is 2.00 bits per heavy atom. The monoisotopic (exact) mass is 400 g/mol. The van der Waals surface area contributed by atoms with Crippen LogP contribution in [0.4, 0.5) is 0 Å². The molecule has 0 aromatic heterocycles. The van der Waals surface area contributed by atoms with Crippen LogP contribution in [0.1, 0.15) is 47.0 Å². The van der Waals surface area contributed by atoms with E-state index in [1.165, 1.54) is 13.8 Å². The number of ketones is 1. The lowest BCUT2D eigenvalue weighted by Crippen LogP contribution is -2.38. The van der Waals surface area contributed by atoms with Crippen LogP contribution in [-0.4, -0.2) is 55.6 Å². The smallest absolute Gasteiger partial charge is 0.320 e. The van der Waals surface area contributed by atoms with Gasteiger partial charge in [0.2, 0.25) is 0 Å². The Balaban J connectivity index is 3.04. The molecule has 1 saturated carbocycles. The van der Waals surface area contributed by atoms with Crippen molar-refractivity contribution in [3.8, 4) is 0 Å². The Hall–Kier alpha value is -2.45. The largest absolute Gasteiger partial charge is 0.465 e. The lowest BCUT2D eigenvalue weighted by molar-refractivity contribution is -0.165. The van der Waals surface area contributed by atoms with Crippen LogP contribution in [0.15, 0.2) is 0 Å². The van der Waals surface area contributed by atoms with E-state index in [1.54, 1.807) is 13.8 Å². The summed E-state index contributed by atoms with van der Waals surface area (Å²) >= 11 is 0. The zero-order chi connectivity index (χ0) is 21.3. The molecule has 158 valence electrons. The molecule has 1 fully saturated rings. The number of carbonyl (C=O) groups excluding carboxylic acids is 5. The van der Waals surface area contributed by atoms with Gasteiger partial charge in [0.15, 0.2) is 5.92 Å². The fraction of sp³-hybridized carbons (Fsp3) is 0.737. The third kappa shape index (κ3) is 6.94. The summed E-state index contributed by atoms with van der Waals surface area (Å²) < 4.78 is 20.1. The van der Waals surface area contributed by atoms with E-state index < -0.39 is 47.7 Å². The molecular formula is C19H28O9. The third-order valence-electron chi connectivity index (χ3n) is 4.53. The molecule has 1 rings (SSSR count). The lowest BCUT2D eigenvalue weighted by Gasteiger charge is -2.28. The molecule has 9 nitrogen and oxygen atoms in total. The van der Waals surface area contributed by atoms with E-state index in [2.05, 4.69) is 0 Å². The predicted molar refractivity (Wildman–Crippen MR) is 94.8 cm³/mol. The number of rotatable bonds is 10. The van der Waals surface area contributed by atoms with Crippen LogP contribution >= 0.6 is 0 Å². The molecule has 9 heteroatoms. The van der Waals surface area contributed by atoms with Gasteiger partial charge in [0.1, 0.15) is 18.5 Å². The second-order valence-electron chi connectivity index (χ2n) is 6.52. The Bertz CT molecular complexity index is 580. The van der Waals surface area contributed by atoms with E-state index in [-0.39, 0.29) is 38.4 Å². The van der Waals surface area contributed by atoms with Gasteiger partial charge in [-0.25, -0.2) is 0 Å². The molecule has 0 radical (unpaired) electrons. The minimum atomic E-state index is -1.25. The fourth-order valence-electron chi connectivity index (χ4n) is 3.37. The van der Waals surface area contributed by atoms with Crippen molar-refractivity contribution in [1.82, 2.24) is 0 Å². The molecule has 1 aliphatic rings. The predicted octanol–water partition coefficient (Wildman–Crippen LogP) is 1.21. The van der Waals surface area contributed by atoms with Gasteiger partial charge in [0.25, 0.3) is 0 Å². The van der Waals surface area contributed by atoms with Crippen LogP contribution in [0.3, 0.4) is 0 Å². The van der Waals surface area contributed by atoms with Crippen LogP contribution in [0.2, 0.25) is 0 Å². The third-order valence-corrected chi connectivity index (χ3v) is 4.53. The molecule has 0 aliphatic heterocycles. The molecule has 0 aromatic carbocycles. The van der Waals surface area contributed by atoms with Gasteiger partial charge in [0, 0.05) is 32.1 Å². The molecule has 0 aromatic rings. The first kappa shape index (κ1) is 23.6. The van der Waals surface area contributed by atoms with Crippen molar-refractivity contribution < 1.29 is 42.9 Å². The molecule has 0 saturated heterocycles. The van der Waals surface area contributed by atoms with Crippen LogP contribution in [0.25, 0.3) is 0 Å². The number of esters is 4. The summed E-state index contributed by atoms with van der Waals surface area (Å²) in [7, 11) is 0. The number of Topliss-reactive ketones (excluding diaryl/α,β-unsaturated/α-hetero) is 1. The van der Waals surface area contributed by atoms with E-state index in [1.807, 2.05) is 0 Å². The molecular weight excluding hydrogens is 372 g/mol. The summed E-state index contributed by atoms with van der Waals surface area (Å²) in [5.74, 6) is -5.26. The van der Waals surface area contributed by atoms with E-state index in [9.17, 15) is 24.0 Å². The SMILES string of the molecule is CCOC(=O)C(C[C@@H]1C(=O)CC[C@H]1C(COC(C)=O)OC(C)=O)C(=O)OCC. The first-order valence-electron chi connectivity index (χ1n) is 9.37. The second kappa shape index (κ2) is 11.4. The van der Waals surface area contributed by atoms with Crippen LogP contribution in [0.5, 0.6) is 0 Å². The molecule has 1 aliphatic carbocycles. The molecule has 28 heavy (non-hydrogen) atoms. The molecule has 0 N–H and O–H groups in total. The molecule has 0 amide bonds. The highest BCUT2D eigenvalue weighted by atomic mass is 16.6. The van der Waals surface area contributed by atoms with Crippen LogP contribution < -0.4 is 0 Å². The van der Waals surface area contributed by atoms with E-state index >= 15 is 0 Å². The zero-order valence-corrected chi connectivity index (χ0v) is 16.7. The van der Waals surface area contributed by atoms with Gasteiger partial charge in [0.05, 0.1) is 13.2 Å². The van der Waals surface area contributed by atoms with Crippen molar-refractivity contribution in [3.63, 3.8) is 0 Å². The van der Waals surface area contributed by atoms with Gasteiger partial charge in [-0.1, -0.05) is 0 Å². The maximum absolute atomic E-state index is 12.5. The quantitative estimate of drug-likeness (QED) is 0.302. The number of ether oxygens (including phenoxy) is 4. The van der Waals surface area contributed by atoms with E-state index in [0.717, 1.165) is 0 Å². The number of hydrogen-bond donors (Lipinski definition) is 0. The fourth-order valence-corrected chi connectivity index (χ4v) is 3.37. The Labute approximate surface area is 164 Å². The summed E-state index contributed by atoms with van der Waals surface area (Å²) in [6.45, 7) is 5.62. The van der Waals surface area contributed by atoms with Crippen molar-refractivity contribution in [3.05, 3.63) is 0 Å². The standard InChI is InChI=1S/C19H28O9/c1-5-25-18(23)15(19(24)26-6-2)9-14-13(7-8-16(14)22)17(28-12(4)21)10-27-11(3)20/h13-15,17H,5-10H2,1-4H3/t13-,14+,17?/m1/s1. The summed E-state index contributed by atoms with van der Waals surface area (Å²) in [6.07, 6.45) is -0.353. The molecule has 3 atom stereocenters. The Morgan fingerprint density at radius 2 is 1.54 bits per heavy atom. The molecule has 0 spiro atoms. The highest BCUT2D eigenvalue weighted by molar-refractivity contribution is 5.96. The van der Waals surface area contributed by atoms with Gasteiger partial charge in [-0.15, -0.1) is 0 Å². The number of carbonyl (C=O) groups is 5. The Morgan fingerprint density at radius 1 is 0.964 bits per heavy atom. The number of hydrogen-bond acceptors (Lipinski definition) is 9. The molecule has 1 unspecified atom stereocenters. The van der Waals surface area contributed by atoms with Gasteiger partial charge >= 0.3 is 23.9 Å². The van der Waals surface area contributed by atoms with Gasteiger partial charge < -0.3 is 18.9 Å². The molecule has 0 heterocycles. The average Bonchev–Trinajstić information content (AvgIpc) is 2.96. The van der Waals surface area contributed by atoms with Crippen molar-refractivity contribution >= 4 is 29.7 Å². The zero-order valence-electron chi connectivity index (χ0n) is 16.7. The average molecular weight is 400 g/mol. The van der Waals surface area contributed by atoms with Crippen molar-refractivity contribution in [2.75, 3.05) is 19.8 Å². The summed E-state index contributed by atoms with van der Waals surface area (Å²) in [6, 6.07) is 0. The Kier molecular flexibility index (Phi) is 9.61. The first-order chi connectivity index (χ1) is 13.2. The van der Waals surface area contributed by atoms with Crippen LogP contribution in [-0.2, 0) is 42.9 Å². The van der Waals surface area contributed by atoms with E-state index in [4.69, 9.17) is 18.9 Å². The minimum absolute atomic E-state index is 0.0826.